The third-order valence-corrected chi connectivity index (χ3v) is 3.69. The van der Waals surface area contributed by atoms with Gasteiger partial charge in [0.05, 0.1) is 0 Å². The third-order valence-electron chi connectivity index (χ3n) is 3.69. The molecule has 0 radical (unpaired) electrons. The lowest BCUT2D eigenvalue weighted by molar-refractivity contribution is -0.131. The Bertz CT molecular complexity index is 241. The monoisotopic (exact) mass is 226 g/mol. The van der Waals surface area contributed by atoms with Crippen LogP contribution in [0.4, 0.5) is 0 Å². The molecule has 3 heteroatoms. The summed E-state index contributed by atoms with van der Waals surface area (Å²) >= 11 is 0. The highest BCUT2D eigenvalue weighted by Crippen LogP contribution is 2.27. The van der Waals surface area contributed by atoms with Gasteiger partial charge in [-0.3, -0.25) is 4.79 Å². The fourth-order valence-electron chi connectivity index (χ4n) is 1.81. The molecule has 1 atom stereocenters. The standard InChI is InChI=1S/C13H26N2O/c1-13(2,3)11(14)8-12(16)15(4)9-10-6-5-7-10/h10-11H,5-9,14H2,1-4H3. The molecule has 0 aliphatic heterocycles. The highest BCUT2D eigenvalue weighted by Gasteiger charge is 2.26. The summed E-state index contributed by atoms with van der Waals surface area (Å²) in [5.74, 6) is 0.925. The molecule has 2 N–H and O–H groups in total. The number of hydrogen-bond acceptors (Lipinski definition) is 2. The fourth-order valence-corrected chi connectivity index (χ4v) is 1.81. The zero-order valence-corrected chi connectivity index (χ0v) is 11.1. The van der Waals surface area contributed by atoms with Crippen molar-refractivity contribution >= 4 is 5.91 Å². The largest absolute Gasteiger partial charge is 0.345 e. The maximum Gasteiger partial charge on any atom is 0.223 e. The molecule has 1 saturated carbocycles. The van der Waals surface area contributed by atoms with Crippen LogP contribution in [0.15, 0.2) is 0 Å². The molecular formula is C13H26N2O. The predicted octanol–water partition coefficient (Wildman–Crippen LogP) is 2.01. The normalized spacial score (nSPS) is 19.1. The quantitative estimate of drug-likeness (QED) is 0.797. The Labute approximate surface area is 99.4 Å². The SMILES string of the molecule is CN(CC1CCC1)C(=O)CC(N)C(C)(C)C. The number of carbonyl (C=O) groups is 1. The van der Waals surface area contributed by atoms with E-state index in [1.165, 1.54) is 19.3 Å². The molecule has 1 rings (SSSR count). The fraction of sp³-hybridized carbons (Fsp3) is 0.923. The molecule has 1 amide bonds. The van der Waals surface area contributed by atoms with Crippen LogP contribution in [0, 0.1) is 11.3 Å². The van der Waals surface area contributed by atoms with Crippen molar-refractivity contribution in [1.82, 2.24) is 4.90 Å². The van der Waals surface area contributed by atoms with Crippen molar-refractivity contribution in [3.05, 3.63) is 0 Å². The molecule has 0 aromatic carbocycles. The Morgan fingerprint density at radius 2 is 2.00 bits per heavy atom. The molecule has 16 heavy (non-hydrogen) atoms. The van der Waals surface area contributed by atoms with Gasteiger partial charge in [0.25, 0.3) is 0 Å². The molecule has 1 aliphatic carbocycles. The van der Waals surface area contributed by atoms with E-state index in [0.717, 1.165) is 12.5 Å². The van der Waals surface area contributed by atoms with Gasteiger partial charge in [0.15, 0.2) is 0 Å². The minimum Gasteiger partial charge on any atom is -0.345 e. The maximum absolute atomic E-state index is 11.9. The average Bonchev–Trinajstić information content (AvgIpc) is 2.09. The van der Waals surface area contributed by atoms with Crippen LogP contribution in [0.1, 0.15) is 46.5 Å². The lowest BCUT2D eigenvalue weighted by Gasteiger charge is -2.32. The number of carbonyl (C=O) groups excluding carboxylic acids is 1. The first-order valence-electron chi connectivity index (χ1n) is 6.30. The summed E-state index contributed by atoms with van der Waals surface area (Å²) in [4.78, 5) is 13.8. The van der Waals surface area contributed by atoms with Crippen molar-refractivity contribution in [2.45, 2.75) is 52.5 Å². The average molecular weight is 226 g/mol. The number of rotatable bonds is 4. The van der Waals surface area contributed by atoms with Gasteiger partial charge in [-0.05, 0) is 24.2 Å². The number of amides is 1. The molecule has 0 heterocycles. The van der Waals surface area contributed by atoms with Crippen LogP contribution in [0.5, 0.6) is 0 Å². The minimum absolute atomic E-state index is 0.00691. The Morgan fingerprint density at radius 3 is 2.38 bits per heavy atom. The number of hydrogen-bond donors (Lipinski definition) is 1. The van der Waals surface area contributed by atoms with E-state index in [4.69, 9.17) is 5.73 Å². The smallest absolute Gasteiger partial charge is 0.223 e. The molecule has 94 valence electrons. The molecule has 0 spiro atoms. The van der Waals surface area contributed by atoms with Crippen LogP contribution in [0.3, 0.4) is 0 Å². The van der Waals surface area contributed by atoms with Gasteiger partial charge in [-0.25, -0.2) is 0 Å². The van der Waals surface area contributed by atoms with Crippen LogP contribution in [0.25, 0.3) is 0 Å². The van der Waals surface area contributed by atoms with Crippen LogP contribution in [0.2, 0.25) is 0 Å². The van der Waals surface area contributed by atoms with Crippen molar-refractivity contribution < 1.29 is 4.79 Å². The topological polar surface area (TPSA) is 46.3 Å². The first kappa shape index (κ1) is 13.5. The summed E-state index contributed by atoms with van der Waals surface area (Å²) in [6, 6.07) is -0.0520. The molecule has 0 aromatic rings. The first-order valence-corrected chi connectivity index (χ1v) is 6.30. The van der Waals surface area contributed by atoms with Crippen LogP contribution in [-0.4, -0.2) is 30.4 Å². The lowest BCUT2D eigenvalue weighted by atomic mass is 9.84. The summed E-state index contributed by atoms with van der Waals surface area (Å²) in [5, 5.41) is 0. The second kappa shape index (κ2) is 5.17. The molecule has 3 nitrogen and oxygen atoms in total. The van der Waals surface area contributed by atoms with E-state index >= 15 is 0 Å². The molecule has 1 aliphatic rings. The summed E-state index contributed by atoms with van der Waals surface area (Å²) in [6.07, 6.45) is 4.35. The highest BCUT2D eigenvalue weighted by molar-refractivity contribution is 5.76. The van der Waals surface area contributed by atoms with Crippen LogP contribution in [-0.2, 0) is 4.79 Å². The molecule has 1 fully saturated rings. The van der Waals surface area contributed by atoms with E-state index in [9.17, 15) is 4.79 Å². The van der Waals surface area contributed by atoms with E-state index in [-0.39, 0.29) is 17.4 Å². The van der Waals surface area contributed by atoms with Crippen molar-refractivity contribution in [3.8, 4) is 0 Å². The maximum atomic E-state index is 11.9. The number of nitrogens with two attached hydrogens (primary N) is 1. The molecule has 1 unspecified atom stereocenters. The van der Waals surface area contributed by atoms with Gasteiger partial charge < -0.3 is 10.6 Å². The van der Waals surface area contributed by atoms with Crippen LogP contribution < -0.4 is 5.73 Å². The zero-order chi connectivity index (χ0) is 12.3. The molecule has 0 aromatic heterocycles. The van der Waals surface area contributed by atoms with E-state index in [2.05, 4.69) is 20.8 Å². The van der Waals surface area contributed by atoms with Gasteiger partial charge in [0.2, 0.25) is 5.91 Å². The first-order chi connectivity index (χ1) is 7.30. The summed E-state index contributed by atoms with van der Waals surface area (Å²) in [7, 11) is 1.90. The summed E-state index contributed by atoms with van der Waals surface area (Å²) < 4.78 is 0. The molecular weight excluding hydrogens is 200 g/mol. The Morgan fingerprint density at radius 1 is 1.44 bits per heavy atom. The zero-order valence-electron chi connectivity index (χ0n) is 11.1. The summed E-state index contributed by atoms with van der Waals surface area (Å²) in [5.41, 5.74) is 6.03. The van der Waals surface area contributed by atoms with Gasteiger partial charge in [-0.15, -0.1) is 0 Å². The number of nitrogens with zero attached hydrogens (tertiary/aromatic N) is 1. The van der Waals surface area contributed by atoms with Gasteiger partial charge >= 0.3 is 0 Å². The van der Waals surface area contributed by atoms with Crippen molar-refractivity contribution in [2.75, 3.05) is 13.6 Å². The van der Waals surface area contributed by atoms with Crippen LogP contribution >= 0.6 is 0 Å². The third kappa shape index (κ3) is 3.78. The Hall–Kier alpha value is -0.570. The van der Waals surface area contributed by atoms with Gasteiger partial charge in [-0.1, -0.05) is 27.2 Å². The minimum atomic E-state index is -0.0520. The second-order valence-corrected chi connectivity index (χ2v) is 6.25. The Balaban J connectivity index is 2.32. The summed E-state index contributed by atoms with van der Waals surface area (Å²) in [6.45, 7) is 7.15. The van der Waals surface area contributed by atoms with Crippen molar-refractivity contribution in [3.63, 3.8) is 0 Å². The van der Waals surface area contributed by atoms with Crippen molar-refractivity contribution in [2.24, 2.45) is 17.1 Å². The molecule has 0 saturated heterocycles. The van der Waals surface area contributed by atoms with E-state index < -0.39 is 0 Å². The second-order valence-electron chi connectivity index (χ2n) is 6.25. The van der Waals surface area contributed by atoms with E-state index in [1.54, 1.807) is 0 Å². The van der Waals surface area contributed by atoms with Crippen molar-refractivity contribution in [1.29, 1.82) is 0 Å². The predicted molar refractivity (Wildman–Crippen MR) is 67.0 cm³/mol. The lowest BCUT2D eigenvalue weighted by Crippen LogP contribution is -2.42. The Kier molecular flexibility index (Phi) is 4.36. The van der Waals surface area contributed by atoms with Gasteiger partial charge in [-0.2, -0.15) is 0 Å². The van der Waals surface area contributed by atoms with E-state index in [0.29, 0.717) is 6.42 Å². The van der Waals surface area contributed by atoms with E-state index in [1.807, 2.05) is 11.9 Å². The van der Waals surface area contributed by atoms with Gasteiger partial charge in [0, 0.05) is 26.1 Å². The molecule has 0 bridgehead atoms. The van der Waals surface area contributed by atoms with Gasteiger partial charge in [0.1, 0.15) is 0 Å². The highest BCUT2D eigenvalue weighted by atomic mass is 16.2.